The van der Waals surface area contributed by atoms with E-state index in [1.165, 1.54) is 0 Å². The molecule has 22 heavy (non-hydrogen) atoms. The predicted octanol–water partition coefficient (Wildman–Crippen LogP) is 1.66. The highest BCUT2D eigenvalue weighted by Crippen LogP contribution is 2.18. The summed E-state index contributed by atoms with van der Waals surface area (Å²) in [6.07, 6.45) is 4.66. The summed E-state index contributed by atoms with van der Waals surface area (Å²) >= 11 is 1.72. The van der Waals surface area contributed by atoms with Crippen molar-refractivity contribution in [2.45, 2.75) is 45.1 Å². The number of carbonyl (C=O) groups is 2. The van der Waals surface area contributed by atoms with Gasteiger partial charge >= 0.3 is 0 Å². The number of nitrogens with zero attached hydrogens (tertiary/aromatic N) is 1. The molecular formula is C16H28N2O3S. The van der Waals surface area contributed by atoms with Gasteiger partial charge in [0.1, 0.15) is 6.10 Å². The highest BCUT2D eigenvalue weighted by Gasteiger charge is 2.26. The fraction of sp³-hybridized carbons (Fsp3) is 0.875. The average Bonchev–Trinajstić information content (AvgIpc) is 3.08. The monoisotopic (exact) mass is 328 g/mol. The van der Waals surface area contributed by atoms with E-state index in [2.05, 4.69) is 12.2 Å². The molecule has 2 aliphatic rings. The van der Waals surface area contributed by atoms with Crippen LogP contribution in [-0.2, 0) is 14.3 Å². The van der Waals surface area contributed by atoms with Gasteiger partial charge in [-0.2, -0.15) is 11.8 Å². The number of thioether (sulfide) groups is 1. The molecule has 0 aromatic heterocycles. The fourth-order valence-electron chi connectivity index (χ4n) is 2.92. The van der Waals surface area contributed by atoms with Crippen molar-refractivity contribution in [3.63, 3.8) is 0 Å². The van der Waals surface area contributed by atoms with Crippen molar-refractivity contribution in [1.29, 1.82) is 0 Å². The van der Waals surface area contributed by atoms with E-state index in [-0.39, 0.29) is 17.9 Å². The van der Waals surface area contributed by atoms with E-state index in [0.717, 1.165) is 50.9 Å². The average molecular weight is 328 g/mol. The number of ether oxygens (including phenoxy) is 1. The predicted molar refractivity (Wildman–Crippen MR) is 88.9 cm³/mol. The minimum atomic E-state index is -0.239. The summed E-state index contributed by atoms with van der Waals surface area (Å²) in [4.78, 5) is 25.9. The van der Waals surface area contributed by atoms with Crippen LogP contribution in [0.5, 0.6) is 0 Å². The molecule has 0 aromatic rings. The zero-order chi connectivity index (χ0) is 15.8. The second-order valence-electron chi connectivity index (χ2n) is 6.12. The lowest BCUT2D eigenvalue weighted by Crippen LogP contribution is -2.43. The SMILES string of the molecule is CCCSCC(=O)N1CCC(CNC(=O)[C@H]2CCCO2)CC1. The first-order valence-electron chi connectivity index (χ1n) is 8.45. The molecule has 0 aromatic carbocycles. The number of rotatable bonds is 7. The number of nitrogens with one attached hydrogen (secondary N) is 1. The lowest BCUT2D eigenvalue weighted by molar-refractivity contribution is -0.131. The minimum absolute atomic E-state index is 0.0342. The third kappa shape index (κ3) is 5.47. The van der Waals surface area contributed by atoms with Crippen LogP contribution in [-0.4, -0.2) is 60.6 Å². The van der Waals surface area contributed by atoms with Crippen LogP contribution in [0.25, 0.3) is 0 Å². The lowest BCUT2D eigenvalue weighted by Gasteiger charge is -2.32. The molecule has 0 saturated carbocycles. The lowest BCUT2D eigenvalue weighted by atomic mass is 9.96. The van der Waals surface area contributed by atoms with E-state index < -0.39 is 0 Å². The molecule has 2 aliphatic heterocycles. The summed E-state index contributed by atoms with van der Waals surface area (Å²) in [6.45, 7) is 5.20. The van der Waals surface area contributed by atoms with Crippen molar-refractivity contribution in [3.05, 3.63) is 0 Å². The molecule has 2 heterocycles. The number of hydrogen-bond acceptors (Lipinski definition) is 4. The molecular weight excluding hydrogens is 300 g/mol. The first-order valence-corrected chi connectivity index (χ1v) is 9.61. The number of amides is 2. The summed E-state index contributed by atoms with van der Waals surface area (Å²) < 4.78 is 5.38. The standard InChI is InChI=1S/C16H28N2O3S/c1-2-10-22-12-15(19)18-7-5-13(6-8-18)11-17-16(20)14-4-3-9-21-14/h13-14H,2-12H2,1H3,(H,17,20)/t14-/m1/s1. The smallest absolute Gasteiger partial charge is 0.249 e. The van der Waals surface area contributed by atoms with Gasteiger partial charge in [0.25, 0.3) is 0 Å². The maximum atomic E-state index is 12.0. The number of piperidine rings is 1. The van der Waals surface area contributed by atoms with Crippen LogP contribution in [0.15, 0.2) is 0 Å². The first kappa shape index (κ1) is 17.6. The largest absolute Gasteiger partial charge is 0.368 e. The van der Waals surface area contributed by atoms with E-state index in [4.69, 9.17) is 4.74 Å². The van der Waals surface area contributed by atoms with Crippen LogP contribution in [0.4, 0.5) is 0 Å². The Morgan fingerprint density at radius 3 is 2.68 bits per heavy atom. The van der Waals surface area contributed by atoms with Crippen molar-refractivity contribution < 1.29 is 14.3 Å². The van der Waals surface area contributed by atoms with Crippen LogP contribution >= 0.6 is 11.8 Å². The van der Waals surface area contributed by atoms with E-state index >= 15 is 0 Å². The molecule has 1 atom stereocenters. The van der Waals surface area contributed by atoms with Gasteiger partial charge in [-0.05, 0) is 43.8 Å². The third-order valence-electron chi connectivity index (χ3n) is 4.33. The zero-order valence-corrected chi connectivity index (χ0v) is 14.3. The van der Waals surface area contributed by atoms with Gasteiger partial charge in [0.15, 0.2) is 0 Å². The second kappa shape index (κ2) is 9.40. The Hall–Kier alpha value is -0.750. The van der Waals surface area contributed by atoms with Crippen LogP contribution < -0.4 is 5.32 Å². The molecule has 0 unspecified atom stereocenters. The molecule has 0 radical (unpaired) electrons. The van der Waals surface area contributed by atoms with Crippen molar-refractivity contribution in [3.8, 4) is 0 Å². The molecule has 0 bridgehead atoms. The van der Waals surface area contributed by atoms with Crippen molar-refractivity contribution in [1.82, 2.24) is 10.2 Å². The molecule has 2 saturated heterocycles. The zero-order valence-electron chi connectivity index (χ0n) is 13.5. The maximum absolute atomic E-state index is 12.0. The summed E-state index contributed by atoms with van der Waals surface area (Å²) in [7, 11) is 0. The van der Waals surface area contributed by atoms with Gasteiger partial charge in [-0.15, -0.1) is 0 Å². The molecule has 2 fully saturated rings. The summed E-state index contributed by atoms with van der Waals surface area (Å²) in [5.41, 5.74) is 0. The number of carbonyl (C=O) groups excluding carboxylic acids is 2. The van der Waals surface area contributed by atoms with E-state index in [0.29, 0.717) is 24.8 Å². The fourth-order valence-corrected chi connectivity index (χ4v) is 3.72. The molecule has 126 valence electrons. The van der Waals surface area contributed by atoms with Crippen LogP contribution in [0, 0.1) is 5.92 Å². The third-order valence-corrected chi connectivity index (χ3v) is 5.48. The van der Waals surface area contributed by atoms with Gasteiger partial charge in [-0.3, -0.25) is 9.59 Å². The van der Waals surface area contributed by atoms with Crippen molar-refractivity contribution in [2.24, 2.45) is 5.92 Å². The molecule has 1 N–H and O–H groups in total. The number of likely N-dealkylation sites (tertiary alicyclic amines) is 1. The number of hydrogen-bond donors (Lipinski definition) is 1. The molecule has 5 nitrogen and oxygen atoms in total. The van der Waals surface area contributed by atoms with Crippen LogP contribution in [0.2, 0.25) is 0 Å². The topological polar surface area (TPSA) is 58.6 Å². The van der Waals surface area contributed by atoms with E-state index in [1.54, 1.807) is 11.8 Å². The van der Waals surface area contributed by atoms with Gasteiger partial charge in [0.2, 0.25) is 11.8 Å². The molecule has 6 heteroatoms. The minimum Gasteiger partial charge on any atom is -0.368 e. The highest BCUT2D eigenvalue weighted by atomic mass is 32.2. The summed E-state index contributed by atoms with van der Waals surface area (Å²) in [5, 5.41) is 3.01. The van der Waals surface area contributed by atoms with Gasteiger partial charge in [0, 0.05) is 26.2 Å². The Labute approximate surface area is 137 Å². The Balaban J connectivity index is 1.60. The molecule has 0 aliphatic carbocycles. The van der Waals surface area contributed by atoms with Crippen molar-refractivity contribution >= 4 is 23.6 Å². The Morgan fingerprint density at radius 1 is 1.27 bits per heavy atom. The summed E-state index contributed by atoms with van der Waals surface area (Å²) in [6, 6.07) is 0. The highest BCUT2D eigenvalue weighted by molar-refractivity contribution is 7.99. The normalized spacial score (nSPS) is 22.8. The Morgan fingerprint density at radius 2 is 2.05 bits per heavy atom. The van der Waals surface area contributed by atoms with Gasteiger partial charge in [-0.25, -0.2) is 0 Å². The van der Waals surface area contributed by atoms with E-state index in [1.807, 2.05) is 4.90 Å². The first-order chi connectivity index (χ1) is 10.7. The van der Waals surface area contributed by atoms with Crippen molar-refractivity contribution in [2.75, 3.05) is 37.7 Å². The molecule has 2 rings (SSSR count). The van der Waals surface area contributed by atoms with E-state index in [9.17, 15) is 9.59 Å². The van der Waals surface area contributed by atoms with Crippen LogP contribution in [0.3, 0.4) is 0 Å². The van der Waals surface area contributed by atoms with Gasteiger partial charge in [0.05, 0.1) is 5.75 Å². The maximum Gasteiger partial charge on any atom is 0.249 e. The quantitative estimate of drug-likeness (QED) is 0.722. The summed E-state index contributed by atoms with van der Waals surface area (Å²) in [5.74, 6) is 2.44. The van der Waals surface area contributed by atoms with Gasteiger partial charge < -0.3 is 15.0 Å². The second-order valence-corrected chi connectivity index (χ2v) is 7.23. The van der Waals surface area contributed by atoms with Crippen LogP contribution in [0.1, 0.15) is 39.0 Å². The Bertz CT molecular complexity index is 364. The molecule has 0 spiro atoms. The Kier molecular flexibility index (Phi) is 7.52. The van der Waals surface area contributed by atoms with Gasteiger partial charge in [-0.1, -0.05) is 6.92 Å². The molecule has 2 amide bonds.